The van der Waals surface area contributed by atoms with Crippen molar-refractivity contribution in [2.75, 3.05) is 11.9 Å². The van der Waals surface area contributed by atoms with Crippen LogP contribution in [0.25, 0.3) is 0 Å². The van der Waals surface area contributed by atoms with Gasteiger partial charge < -0.3 is 19.6 Å². The average molecular weight is 371 g/mol. The van der Waals surface area contributed by atoms with Crippen LogP contribution in [-0.4, -0.2) is 29.8 Å². The number of hydrogen-bond acceptors (Lipinski definition) is 4. The Kier molecular flexibility index (Phi) is 5.59. The summed E-state index contributed by atoms with van der Waals surface area (Å²) in [6.45, 7) is 1.63. The van der Waals surface area contributed by atoms with Gasteiger partial charge in [-0.2, -0.15) is 13.2 Å². The molecule has 0 bridgehead atoms. The molecule has 6 nitrogen and oxygen atoms in total. The highest BCUT2D eigenvalue weighted by molar-refractivity contribution is 6.06. The lowest BCUT2D eigenvalue weighted by Gasteiger charge is -2.15. The third-order valence-corrected chi connectivity index (χ3v) is 3.51. The van der Waals surface area contributed by atoms with E-state index in [0.29, 0.717) is 11.1 Å². The van der Waals surface area contributed by atoms with Crippen LogP contribution < -0.4 is 10.1 Å². The van der Waals surface area contributed by atoms with Gasteiger partial charge in [-0.25, -0.2) is 0 Å². The Labute approximate surface area is 146 Å². The highest BCUT2D eigenvalue weighted by Crippen LogP contribution is 2.28. The molecule has 140 valence electrons. The van der Waals surface area contributed by atoms with Crippen LogP contribution in [0.3, 0.4) is 0 Å². The molecule has 26 heavy (non-hydrogen) atoms. The number of carboxylic acid groups (broad SMARTS) is 1. The number of hydrogen-bond donors (Lipinski definition) is 2. The number of nitrogens with one attached hydrogen (secondary N) is 1. The Morgan fingerprint density at radius 2 is 1.96 bits per heavy atom. The molecule has 2 rings (SSSR count). The van der Waals surface area contributed by atoms with E-state index in [1.54, 1.807) is 6.92 Å². The smallest absolute Gasteiger partial charge is 0.422 e. The number of carbonyl (C=O) groups is 2. The first-order chi connectivity index (χ1) is 12.1. The highest BCUT2D eigenvalue weighted by atomic mass is 19.4. The molecule has 1 heterocycles. The number of furan rings is 1. The predicted octanol–water partition coefficient (Wildman–Crippen LogP) is 3.72. The van der Waals surface area contributed by atoms with Gasteiger partial charge in [0, 0.05) is 16.8 Å². The van der Waals surface area contributed by atoms with Crippen molar-refractivity contribution < 1.29 is 37.0 Å². The van der Waals surface area contributed by atoms with E-state index in [0.717, 1.165) is 0 Å². The number of alkyl halides is 3. The van der Waals surface area contributed by atoms with Crippen molar-refractivity contribution >= 4 is 17.6 Å². The SMILES string of the molecule is Cc1coc(CC(=O)O)c1C(=O)Nc1cccc(OCC(F)(F)F)c1C. The molecule has 0 spiro atoms. The number of amides is 1. The van der Waals surface area contributed by atoms with E-state index in [-0.39, 0.29) is 22.8 Å². The van der Waals surface area contributed by atoms with E-state index < -0.39 is 31.1 Å². The summed E-state index contributed by atoms with van der Waals surface area (Å²) in [6, 6.07) is 4.30. The molecule has 2 N–H and O–H groups in total. The Bertz CT molecular complexity index is 826. The van der Waals surface area contributed by atoms with Crippen LogP contribution >= 0.6 is 0 Å². The Morgan fingerprint density at radius 3 is 2.58 bits per heavy atom. The Balaban J connectivity index is 2.22. The summed E-state index contributed by atoms with van der Waals surface area (Å²) >= 11 is 0. The topological polar surface area (TPSA) is 88.8 Å². The van der Waals surface area contributed by atoms with Gasteiger partial charge >= 0.3 is 12.1 Å². The number of aryl methyl sites for hydroxylation is 1. The van der Waals surface area contributed by atoms with Gasteiger partial charge in [-0.05, 0) is 26.0 Å². The predicted molar refractivity (Wildman–Crippen MR) is 85.5 cm³/mol. The van der Waals surface area contributed by atoms with E-state index in [1.165, 1.54) is 31.4 Å². The summed E-state index contributed by atoms with van der Waals surface area (Å²) in [7, 11) is 0. The molecular weight excluding hydrogens is 355 g/mol. The second-order valence-electron chi connectivity index (χ2n) is 5.57. The van der Waals surface area contributed by atoms with Crippen LogP contribution in [0.5, 0.6) is 5.75 Å². The van der Waals surface area contributed by atoms with Gasteiger partial charge in [0.1, 0.15) is 17.9 Å². The molecule has 2 aromatic rings. The largest absolute Gasteiger partial charge is 0.484 e. The second-order valence-corrected chi connectivity index (χ2v) is 5.57. The molecule has 0 radical (unpaired) electrons. The van der Waals surface area contributed by atoms with E-state index in [2.05, 4.69) is 5.32 Å². The van der Waals surface area contributed by atoms with Gasteiger partial charge in [-0.1, -0.05) is 6.07 Å². The number of anilines is 1. The molecule has 0 unspecified atom stereocenters. The van der Waals surface area contributed by atoms with E-state index in [4.69, 9.17) is 14.3 Å². The van der Waals surface area contributed by atoms with Gasteiger partial charge in [0.05, 0.1) is 11.8 Å². The van der Waals surface area contributed by atoms with Crippen LogP contribution in [0.1, 0.15) is 27.2 Å². The molecule has 9 heteroatoms. The van der Waals surface area contributed by atoms with Crippen molar-refractivity contribution in [1.29, 1.82) is 0 Å². The lowest BCUT2D eigenvalue weighted by molar-refractivity contribution is -0.153. The zero-order chi connectivity index (χ0) is 19.5. The number of carboxylic acids is 1. The third-order valence-electron chi connectivity index (χ3n) is 3.51. The highest BCUT2D eigenvalue weighted by Gasteiger charge is 2.29. The number of rotatable bonds is 6. The van der Waals surface area contributed by atoms with E-state index >= 15 is 0 Å². The summed E-state index contributed by atoms with van der Waals surface area (Å²) in [4.78, 5) is 23.4. The molecule has 0 atom stereocenters. The molecular formula is C17H16F3NO5. The number of ether oxygens (including phenoxy) is 1. The van der Waals surface area contributed by atoms with Gasteiger partial charge in [-0.15, -0.1) is 0 Å². The van der Waals surface area contributed by atoms with Gasteiger partial charge in [0.25, 0.3) is 5.91 Å². The zero-order valence-electron chi connectivity index (χ0n) is 13.9. The monoisotopic (exact) mass is 371 g/mol. The van der Waals surface area contributed by atoms with Crippen molar-refractivity contribution in [3.05, 3.63) is 46.9 Å². The number of carbonyl (C=O) groups excluding carboxylic acids is 1. The molecule has 0 aliphatic carbocycles. The van der Waals surface area contributed by atoms with Gasteiger partial charge in [0.15, 0.2) is 6.61 Å². The Morgan fingerprint density at radius 1 is 1.27 bits per heavy atom. The third kappa shape index (κ3) is 4.78. The van der Waals surface area contributed by atoms with Crippen LogP contribution in [0.15, 0.2) is 28.9 Å². The number of aliphatic carboxylic acids is 1. The fraction of sp³-hybridized carbons (Fsp3) is 0.294. The summed E-state index contributed by atoms with van der Waals surface area (Å²) < 4.78 is 46.8. The fourth-order valence-electron chi connectivity index (χ4n) is 2.32. The second kappa shape index (κ2) is 7.51. The minimum Gasteiger partial charge on any atom is -0.484 e. The van der Waals surface area contributed by atoms with E-state index in [1.807, 2.05) is 0 Å². The van der Waals surface area contributed by atoms with Crippen molar-refractivity contribution in [2.45, 2.75) is 26.4 Å². The van der Waals surface area contributed by atoms with Crippen LogP contribution in [0.2, 0.25) is 0 Å². The van der Waals surface area contributed by atoms with Crippen molar-refractivity contribution in [3.8, 4) is 5.75 Å². The molecule has 0 saturated carbocycles. The normalized spacial score (nSPS) is 11.3. The molecule has 0 fully saturated rings. The lowest BCUT2D eigenvalue weighted by atomic mass is 10.1. The standard InChI is InChI=1S/C17H16F3NO5/c1-9-7-25-13(6-14(22)23)15(9)16(24)21-11-4-3-5-12(10(11)2)26-8-17(18,19)20/h3-5,7H,6,8H2,1-2H3,(H,21,24)(H,22,23). The minimum atomic E-state index is -4.48. The molecule has 1 amide bonds. The number of halogens is 3. The summed E-state index contributed by atoms with van der Waals surface area (Å²) in [5.74, 6) is -1.81. The summed E-state index contributed by atoms with van der Waals surface area (Å²) in [6.07, 6.45) is -3.68. The van der Waals surface area contributed by atoms with E-state index in [9.17, 15) is 22.8 Å². The first kappa shape index (κ1) is 19.4. The maximum Gasteiger partial charge on any atom is 0.422 e. The lowest BCUT2D eigenvalue weighted by Crippen LogP contribution is -2.20. The van der Waals surface area contributed by atoms with Crippen molar-refractivity contribution in [2.24, 2.45) is 0 Å². The average Bonchev–Trinajstić information content (AvgIpc) is 2.87. The summed E-state index contributed by atoms with van der Waals surface area (Å²) in [5, 5.41) is 11.4. The van der Waals surface area contributed by atoms with Crippen LogP contribution in [-0.2, 0) is 11.2 Å². The first-order valence-electron chi connectivity index (χ1n) is 7.47. The van der Waals surface area contributed by atoms with Crippen molar-refractivity contribution in [3.63, 3.8) is 0 Å². The maximum atomic E-state index is 12.5. The first-order valence-corrected chi connectivity index (χ1v) is 7.47. The minimum absolute atomic E-state index is 0.00497. The molecule has 0 aliphatic heterocycles. The van der Waals surface area contributed by atoms with Gasteiger partial charge in [0.2, 0.25) is 0 Å². The molecule has 1 aromatic carbocycles. The number of benzene rings is 1. The Hall–Kier alpha value is -2.97. The molecule has 0 aliphatic rings. The molecule has 1 aromatic heterocycles. The van der Waals surface area contributed by atoms with Gasteiger partial charge in [-0.3, -0.25) is 9.59 Å². The molecule has 0 saturated heterocycles. The zero-order valence-corrected chi connectivity index (χ0v) is 13.9. The van der Waals surface area contributed by atoms with Crippen molar-refractivity contribution in [1.82, 2.24) is 0 Å². The van der Waals surface area contributed by atoms with Crippen LogP contribution in [0.4, 0.5) is 18.9 Å². The fourth-order valence-corrected chi connectivity index (χ4v) is 2.32. The maximum absolute atomic E-state index is 12.5. The summed E-state index contributed by atoms with van der Waals surface area (Å²) in [5.41, 5.74) is 1.08. The quantitative estimate of drug-likeness (QED) is 0.808. The van der Waals surface area contributed by atoms with Crippen LogP contribution in [0, 0.1) is 13.8 Å².